The Kier molecular flexibility index (Phi) is 6.53. The van der Waals surface area contributed by atoms with E-state index in [2.05, 4.69) is 25.7 Å². The summed E-state index contributed by atoms with van der Waals surface area (Å²) in [6.07, 6.45) is 0. The zero-order chi connectivity index (χ0) is 18.4. The van der Waals surface area contributed by atoms with E-state index in [1.807, 2.05) is 42.5 Å². The molecule has 4 nitrogen and oxygen atoms in total. The van der Waals surface area contributed by atoms with Crippen molar-refractivity contribution in [1.29, 1.82) is 0 Å². The molecule has 2 N–H and O–H groups in total. The van der Waals surface area contributed by atoms with Crippen molar-refractivity contribution < 1.29 is 8.42 Å². The van der Waals surface area contributed by atoms with E-state index in [1.165, 1.54) is 0 Å². The summed E-state index contributed by atoms with van der Waals surface area (Å²) in [4.78, 5) is 2.46. The third kappa shape index (κ3) is 4.78. The van der Waals surface area contributed by atoms with Crippen LogP contribution in [0.1, 0.15) is 31.9 Å². The molecule has 0 spiro atoms. The molecule has 0 fully saturated rings. The molecule has 0 bridgehead atoms. The third-order valence-electron chi connectivity index (χ3n) is 4.31. The number of nitrogens with zero attached hydrogens (tertiary/aromatic N) is 1. The van der Waals surface area contributed by atoms with Crippen LogP contribution in [0.3, 0.4) is 0 Å². The van der Waals surface area contributed by atoms with Crippen LogP contribution in [0.2, 0.25) is 0 Å². The molecular formula is C20H26N2O2S. The van der Waals surface area contributed by atoms with E-state index in [-0.39, 0.29) is 4.90 Å². The van der Waals surface area contributed by atoms with E-state index in [1.54, 1.807) is 12.1 Å². The summed E-state index contributed by atoms with van der Waals surface area (Å²) in [5.74, 6) is 0. The number of rotatable bonds is 7. The van der Waals surface area contributed by atoms with Crippen LogP contribution in [0.4, 0.5) is 0 Å². The van der Waals surface area contributed by atoms with Crippen molar-refractivity contribution >= 4 is 15.6 Å². The molecular weight excluding hydrogens is 332 g/mol. The molecule has 0 heterocycles. The summed E-state index contributed by atoms with van der Waals surface area (Å²) < 4.78 is 24.2. The first-order chi connectivity index (χ1) is 11.9. The fourth-order valence-electron chi connectivity index (χ4n) is 3.02. The van der Waals surface area contributed by atoms with Crippen LogP contribution in [-0.4, -0.2) is 33.0 Å². The van der Waals surface area contributed by atoms with E-state index in [0.717, 1.165) is 36.3 Å². The van der Waals surface area contributed by atoms with Crippen LogP contribution < -0.4 is 5.14 Å². The SMILES string of the molecule is CCN(CC)C/C(C)=C(/c1ccccc1)c1ccccc1S(N)(=O)=O. The molecule has 0 aliphatic carbocycles. The molecule has 0 unspecified atom stereocenters. The van der Waals surface area contributed by atoms with E-state index in [4.69, 9.17) is 5.14 Å². The molecule has 0 aromatic heterocycles. The first kappa shape index (κ1) is 19.4. The van der Waals surface area contributed by atoms with E-state index < -0.39 is 10.0 Å². The largest absolute Gasteiger partial charge is 0.300 e. The summed E-state index contributed by atoms with van der Waals surface area (Å²) in [6, 6.07) is 16.8. The second kappa shape index (κ2) is 8.43. The highest BCUT2D eigenvalue weighted by atomic mass is 32.2. The van der Waals surface area contributed by atoms with Crippen LogP contribution in [0.5, 0.6) is 0 Å². The van der Waals surface area contributed by atoms with Gasteiger partial charge in [-0.05, 0) is 37.2 Å². The molecule has 2 aromatic rings. The summed E-state index contributed by atoms with van der Waals surface area (Å²) in [7, 11) is -3.81. The second-order valence-corrected chi connectivity index (χ2v) is 7.55. The van der Waals surface area contributed by atoms with Crippen molar-refractivity contribution in [2.24, 2.45) is 5.14 Å². The quantitative estimate of drug-likeness (QED) is 0.824. The minimum absolute atomic E-state index is 0.160. The standard InChI is InChI=1S/C20H26N2O2S/c1-4-22(5-2)15-16(3)20(17-11-7-6-8-12-17)18-13-9-10-14-19(18)25(21,23)24/h6-14H,4-5,15H2,1-3H3,(H2,21,23,24)/b20-16-. The van der Waals surface area contributed by atoms with Crippen molar-refractivity contribution in [3.63, 3.8) is 0 Å². The third-order valence-corrected chi connectivity index (χ3v) is 5.28. The van der Waals surface area contributed by atoms with Gasteiger partial charge in [-0.15, -0.1) is 0 Å². The van der Waals surface area contributed by atoms with Crippen molar-refractivity contribution in [2.75, 3.05) is 19.6 Å². The van der Waals surface area contributed by atoms with Gasteiger partial charge >= 0.3 is 0 Å². The lowest BCUT2D eigenvalue weighted by Gasteiger charge is -2.22. The van der Waals surface area contributed by atoms with Crippen molar-refractivity contribution in [2.45, 2.75) is 25.7 Å². The molecule has 0 radical (unpaired) electrons. The highest BCUT2D eigenvalue weighted by Gasteiger charge is 2.19. The molecule has 25 heavy (non-hydrogen) atoms. The average molecular weight is 359 g/mol. The maximum Gasteiger partial charge on any atom is 0.238 e. The molecule has 134 valence electrons. The number of hydrogen-bond acceptors (Lipinski definition) is 3. The fourth-order valence-corrected chi connectivity index (χ4v) is 3.76. The Morgan fingerprint density at radius 2 is 1.52 bits per heavy atom. The van der Waals surface area contributed by atoms with E-state index in [9.17, 15) is 8.42 Å². The van der Waals surface area contributed by atoms with Gasteiger partial charge in [-0.1, -0.05) is 68.0 Å². The van der Waals surface area contributed by atoms with Crippen molar-refractivity contribution in [1.82, 2.24) is 4.90 Å². The van der Waals surface area contributed by atoms with Gasteiger partial charge in [-0.2, -0.15) is 0 Å². The van der Waals surface area contributed by atoms with Crippen LogP contribution in [-0.2, 0) is 10.0 Å². The summed E-state index contributed by atoms with van der Waals surface area (Å²) in [6.45, 7) is 8.95. The second-order valence-electron chi connectivity index (χ2n) is 6.02. The zero-order valence-electron chi connectivity index (χ0n) is 15.1. The summed E-state index contributed by atoms with van der Waals surface area (Å²) in [5, 5.41) is 5.47. The highest BCUT2D eigenvalue weighted by Crippen LogP contribution is 2.31. The molecule has 0 saturated carbocycles. The lowest BCUT2D eigenvalue weighted by Crippen LogP contribution is -2.25. The van der Waals surface area contributed by atoms with Gasteiger partial charge < -0.3 is 0 Å². The predicted octanol–water partition coefficient (Wildman–Crippen LogP) is 3.50. The lowest BCUT2D eigenvalue weighted by molar-refractivity contribution is 0.330. The summed E-state index contributed by atoms with van der Waals surface area (Å²) in [5.41, 5.74) is 3.69. The average Bonchev–Trinajstić information content (AvgIpc) is 2.60. The Bertz CT molecular complexity index is 839. The van der Waals surface area contributed by atoms with Gasteiger partial charge in [0.2, 0.25) is 10.0 Å². The molecule has 0 aliphatic rings. The Morgan fingerprint density at radius 3 is 2.08 bits per heavy atom. The van der Waals surface area contributed by atoms with Gasteiger partial charge in [0.15, 0.2) is 0 Å². The number of benzene rings is 2. The van der Waals surface area contributed by atoms with Crippen molar-refractivity contribution in [3.8, 4) is 0 Å². The Hall–Kier alpha value is -1.95. The number of hydrogen-bond donors (Lipinski definition) is 1. The van der Waals surface area contributed by atoms with Gasteiger partial charge in [0.05, 0.1) is 4.90 Å². The van der Waals surface area contributed by atoms with Gasteiger partial charge in [0, 0.05) is 12.1 Å². The van der Waals surface area contributed by atoms with Gasteiger partial charge in [-0.25, -0.2) is 13.6 Å². The molecule has 0 atom stereocenters. The van der Waals surface area contributed by atoms with Crippen LogP contribution >= 0.6 is 0 Å². The number of nitrogens with two attached hydrogens (primary N) is 1. The van der Waals surface area contributed by atoms with Crippen LogP contribution in [0, 0.1) is 0 Å². The minimum atomic E-state index is -3.81. The lowest BCUT2D eigenvalue weighted by atomic mass is 9.93. The Balaban J connectivity index is 2.70. The minimum Gasteiger partial charge on any atom is -0.300 e. The van der Waals surface area contributed by atoms with E-state index in [0.29, 0.717) is 5.56 Å². The molecule has 2 rings (SSSR count). The number of sulfonamides is 1. The number of likely N-dealkylation sites (N-methyl/N-ethyl adjacent to an activating group) is 1. The fraction of sp³-hybridized carbons (Fsp3) is 0.300. The topological polar surface area (TPSA) is 63.4 Å². The number of primary sulfonamides is 1. The van der Waals surface area contributed by atoms with Gasteiger partial charge in [0.25, 0.3) is 0 Å². The monoisotopic (exact) mass is 358 g/mol. The molecule has 0 aliphatic heterocycles. The molecule has 5 heteroatoms. The van der Waals surface area contributed by atoms with Gasteiger partial charge in [0.1, 0.15) is 0 Å². The normalized spacial score (nSPS) is 13.0. The van der Waals surface area contributed by atoms with Crippen LogP contribution in [0.25, 0.3) is 5.57 Å². The molecule has 0 saturated heterocycles. The first-order valence-corrected chi connectivity index (χ1v) is 10.0. The molecule has 2 aromatic carbocycles. The zero-order valence-corrected chi connectivity index (χ0v) is 15.9. The smallest absolute Gasteiger partial charge is 0.238 e. The maximum atomic E-state index is 12.1. The molecule has 0 amide bonds. The predicted molar refractivity (Wildman–Crippen MR) is 104 cm³/mol. The van der Waals surface area contributed by atoms with Crippen LogP contribution in [0.15, 0.2) is 65.1 Å². The first-order valence-electron chi connectivity index (χ1n) is 8.48. The Morgan fingerprint density at radius 1 is 0.960 bits per heavy atom. The van der Waals surface area contributed by atoms with Gasteiger partial charge in [-0.3, -0.25) is 4.90 Å². The maximum absolute atomic E-state index is 12.1. The van der Waals surface area contributed by atoms with E-state index >= 15 is 0 Å². The van der Waals surface area contributed by atoms with Crippen molar-refractivity contribution in [3.05, 3.63) is 71.3 Å². The Labute approximate surface area is 151 Å². The summed E-state index contributed by atoms with van der Waals surface area (Å²) >= 11 is 0. The highest BCUT2D eigenvalue weighted by molar-refractivity contribution is 7.89.